The van der Waals surface area contributed by atoms with Gasteiger partial charge in [0.25, 0.3) is 5.91 Å². The highest BCUT2D eigenvalue weighted by molar-refractivity contribution is 5.98. The molecule has 0 aliphatic rings. The van der Waals surface area contributed by atoms with E-state index >= 15 is 0 Å². The van der Waals surface area contributed by atoms with Crippen LogP contribution in [0.15, 0.2) is 24.3 Å². The molecule has 3 N–H and O–H groups in total. The van der Waals surface area contributed by atoms with Gasteiger partial charge >= 0.3 is 5.97 Å². The number of aliphatic carboxylic acids is 1. The Labute approximate surface area is 124 Å². The topological polar surface area (TPSA) is 112 Å². The van der Waals surface area contributed by atoms with Crippen LogP contribution in [0.25, 0.3) is 11.3 Å². The molecule has 0 saturated carbocycles. The lowest BCUT2D eigenvalue weighted by Crippen LogP contribution is -2.30. The van der Waals surface area contributed by atoms with Crippen molar-refractivity contribution in [3.8, 4) is 17.0 Å². The summed E-state index contributed by atoms with van der Waals surface area (Å²) in [5.74, 6) is -2.81. The van der Waals surface area contributed by atoms with Gasteiger partial charge in [-0.05, 0) is 31.2 Å². The number of amides is 1. The number of aromatic hydroxyl groups is 1. The molecule has 114 valence electrons. The lowest BCUT2D eigenvalue weighted by atomic mass is 10.1. The minimum absolute atomic E-state index is 0.0629. The molecule has 0 saturated heterocycles. The number of benzene rings is 1. The quantitative estimate of drug-likeness (QED) is 0.780. The fraction of sp³-hybridized carbons (Fsp3) is 0.143. The maximum Gasteiger partial charge on any atom is 0.322 e. The number of hydrogen-bond donors (Lipinski definition) is 3. The maximum absolute atomic E-state index is 13.0. The molecule has 7 nitrogen and oxygen atoms in total. The number of rotatable bonds is 4. The SMILES string of the molecule is Cc1nc(C(=O)NCC(=O)O)c(O)c(-c2ccc(F)cc2)n1. The summed E-state index contributed by atoms with van der Waals surface area (Å²) in [6.45, 7) is 0.910. The lowest BCUT2D eigenvalue weighted by molar-refractivity contribution is -0.135. The molecule has 2 aromatic rings. The van der Waals surface area contributed by atoms with Gasteiger partial charge in [-0.15, -0.1) is 0 Å². The highest BCUT2D eigenvalue weighted by atomic mass is 19.1. The van der Waals surface area contributed by atoms with Crippen molar-refractivity contribution in [1.29, 1.82) is 0 Å². The van der Waals surface area contributed by atoms with Gasteiger partial charge in [0.05, 0.1) is 0 Å². The summed E-state index contributed by atoms with van der Waals surface area (Å²) in [4.78, 5) is 30.2. The standard InChI is InChI=1S/C14H12FN3O4/c1-7-17-11(8-2-4-9(15)5-3-8)13(21)12(18-7)14(22)16-6-10(19)20/h2-5,21H,6H2,1H3,(H,16,22)(H,19,20). The van der Waals surface area contributed by atoms with Crippen molar-refractivity contribution in [1.82, 2.24) is 15.3 Å². The zero-order valence-electron chi connectivity index (χ0n) is 11.5. The van der Waals surface area contributed by atoms with Crippen LogP contribution in [0.3, 0.4) is 0 Å². The van der Waals surface area contributed by atoms with E-state index in [9.17, 15) is 19.1 Å². The second-order valence-corrected chi connectivity index (χ2v) is 4.40. The highest BCUT2D eigenvalue weighted by Gasteiger charge is 2.20. The summed E-state index contributed by atoms with van der Waals surface area (Å²) in [6, 6.07) is 5.18. The molecule has 1 aromatic heterocycles. The molecule has 1 heterocycles. The third kappa shape index (κ3) is 3.35. The molecule has 1 aromatic carbocycles. The molecular formula is C14H12FN3O4. The van der Waals surface area contributed by atoms with Crippen LogP contribution < -0.4 is 5.32 Å². The Kier molecular flexibility index (Phi) is 4.31. The molecule has 2 rings (SSSR count). The molecule has 0 spiro atoms. The van der Waals surface area contributed by atoms with Crippen LogP contribution in [0.2, 0.25) is 0 Å². The van der Waals surface area contributed by atoms with Gasteiger partial charge in [-0.1, -0.05) is 0 Å². The maximum atomic E-state index is 13.0. The molecule has 22 heavy (non-hydrogen) atoms. The van der Waals surface area contributed by atoms with Crippen LogP contribution in [-0.4, -0.2) is 38.6 Å². The smallest absolute Gasteiger partial charge is 0.322 e. The molecule has 0 atom stereocenters. The molecule has 0 fully saturated rings. The summed E-state index contributed by atoms with van der Waals surface area (Å²) in [7, 11) is 0. The normalized spacial score (nSPS) is 10.3. The molecule has 0 radical (unpaired) electrons. The van der Waals surface area contributed by atoms with Crippen LogP contribution in [-0.2, 0) is 4.79 Å². The van der Waals surface area contributed by atoms with Crippen molar-refractivity contribution in [3.63, 3.8) is 0 Å². The highest BCUT2D eigenvalue weighted by Crippen LogP contribution is 2.29. The van der Waals surface area contributed by atoms with Crippen molar-refractivity contribution in [3.05, 3.63) is 41.6 Å². The summed E-state index contributed by atoms with van der Waals surface area (Å²) in [6.07, 6.45) is 0. The first-order valence-corrected chi connectivity index (χ1v) is 6.22. The Hall–Kier alpha value is -3.03. The molecular weight excluding hydrogens is 293 g/mol. The predicted octanol–water partition coefficient (Wildman–Crippen LogP) is 1.11. The molecule has 0 aliphatic carbocycles. The number of nitrogens with zero attached hydrogens (tertiary/aromatic N) is 2. The van der Waals surface area contributed by atoms with E-state index in [1.807, 2.05) is 0 Å². The number of carboxylic acid groups (broad SMARTS) is 1. The fourth-order valence-corrected chi connectivity index (χ4v) is 1.77. The lowest BCUT2D eigenvalue weighted by Gasteiger charge is -2.09. The number of aryl methyl sites for hydroxylation is 1. The molecule has 1 amide bonds. The van der Waals surface area contributed by atoms with Gasteiger partial charge in [0.15, 0.2) is 11.4 Å². The molecule has 0 aliphatic heterocycles. The summed E-state index contributed by atoms with van der Waals surface area (Å²) in [5.41, 5.74) is 0.123. The first kappa shape index (κ1) is 15.4. The number of halogens is 1. The minimum atomic E-state index is -1.22. The Morgan fingerprint density at radius 2 is 1.86 bits per heavy atom. The second-order valence-electron chi connectivity index (χ2n) is 4.40. The number of carboxylic acids is 1. The Bertz CT molecular complexity index is 732. The van der Waals surface area contributed by atoms with Crippen LogP contribution in [0, 0.1) is 12.7 Å². The average molecular weight is 305 g/mol. The third-order valence-corrected chi connectivity index (χ3v) is 2.73. The first-order chi connectivity index (χ1) is 10.4. The average Bonchev–Trinajstić information content (AvgIpc) is 2.47. The second kappa shape index (κ2) is 6.17. The Morgan fingerprint density at radius 1 is 1.23 bits per heavy atom. The minimum Gasteiger partial charge on any atom is -0.504 e. The predicted molar refractivity (Wildman–Crippen MR) is 73.8 cm³/mol. The fourth-order valence-electron chi connectivity index (χ4n) is 1.77. The third-order valence-electron chi connectivity index (χ3n) is 2.73. The molecule has 0 bridgehead atoms. The van der Waals surface area contributed by atoms with E-state index in [2.05, 4.69) is 15.3 Å². The van der Waals surface area contributed by atoms with Gasteiger partial charge < -0.3 is 15.5 Å². The van der Waals surface area contributed by atoms with Crippen molar-refractivity contribution < 1.29 is 24.2 Å². The van der Waals surface area contributed by atoms with Gasteiger partial charge in [-0.2, -0.15) is 0 Å². The number of carbonyl (C=O) groups is 2. The van der Waals surface area contributed by atoms with Crippen LogP contribution in [0.4, 0.5) is 4.39 Å². The van der Waals surface area contributed by atoms with Crippen LogP contribution >= 0.6 is 0 Å². The van der Waals surface area contributed by atoms with E-state index < -0.39 is 30.0 Å². The first-order valence-electron chi connectivity index (χ1n) is 6.22. The summed E-state index contributed by atoms with van der Waals surface area (Å²) >= 11 is 0. The summed E-state index contributed by atoms with van der Waals surface area (Å²) < 4.78 is 13.0. The van der Waals surface area contributed by atoms with E-state index in [-0.39, 0.29) is 17.2 Å². The summed E-state index contributed by atoms with van der Waals surface area (Å²) in [5, 5.41) is 20.8. The number of nitrogens with one attached hydrogen (secondary N) is 1. The van der Waals surface area contributed by atoms with Crippen LogP contribution in [0.1, 0.15) is 16.3 Å². The van der Waals surface area contributed by atoms with E-state index in [1.54, 1.807) is 0 Å². The molecule has 8 heteroatoms. The van der Waals surface area contributed by atoms with Gasteiger partial charge in [0, 0.05) is 5.56 Å². The largest absolute Gasteiger partial charge is 0.504 e. The van der Waals surface area contributed by atoms with Crippen molar-refractivity contribution in [2.75, 3.05) is 6.54 Å². The van der Waals surface area contributed by atoms with Crippen molar-refractivity contribution in [2.24, 2.45) is 0 Å². The van der Waals surface area contributed by atoms with E-state index in [0.29, 0.717) is 5.56 Å². The molecule has 0 unspecified atom stereocenters. The van der Waals surface area contributed by atoms with Gasteiger partial charge in [-0.3, -0.25) is 9.59 Å². The zero-order chi connectivity index (χ0) is 16.3. The van der Waals surface area contributed by atoms with Crippen LogP contribution in [0.5, 0.6) is 5.75 Å². The monoisotopic (exact) mass is 305 g/mol. The van der Waals surface area contributed by atoms with Gasteiger partial charge in [0.1, 0.15) is 23.9 Å². The zero-order valence-corrected chi connectivity index (χ0v) is 11.5. The van der Waals surface area contributed by atoms with E-state index in [4.69, 9.17) is 5.11 Å². The number of carbonyl (C=O) groups excluding carboxylic acids is 1. The van der Waals surface area contributed by atoms with E-state index in [1.165, 1.54) is 31.2 Å². The van der Waals surface area contributed by atoms with Gasteiger partial charge in [0.2, 0.25) is 0 Å². The Balaban J connectivity index is 2.43. The number of hydrogen-bond acceptors (Lipinski definition) is 5. The number of aromatic nitrogens is 2. The van der Waals surface area contributed by atoms with Crippen molar-refractivity contribution >= 4 is 11.9 Å². The van der Waals surface area contributed by atoms with Gasteiger partial charge in [-0.25, -0.2) is 14.4 Å². The Morgan fingerprint density at radius 3 is 2.45 bits per heavy atom. The van der Waals surface area contributed by atoms with E-state index in [0.717, 1.165) is 0 Å². The van der Waals surface area contributed by atoms with Crippen molar-refractivity contribution in [2.45, 2.75) is 6.92 Å².